The van der Waals surface area contributed by atoms with Crippen molar-refractivity contribution in [3.05, 3.63) is 41.8 Å². The molecular weight excluding hydrogens is 257 g/mol. The number of hydrogen-bond acceptors (Lipinski definition) is 4. The standard InChI is InChI=1S/C15H18FN3O/c1-15(2,3)10-6-5-7-11(8-10)20-13-12(16)9-18-14(17-4)19-13/h5-9H,1-4H3,(H,17,18,19). The molecule has 1 aromatic heterocycles. The maximum Gasteiger partial charge on any atom is 0.260 e. The highest BCUT2D eigenvalue weighted by atomic mass is 19.1. The Morgan fingerprint density at radius 3 is 2.65 bits per heavy atom. The Bertz CT molecular complexity index is 608. The van der Waals surface area contributed by atoms with Gasteiger partial charge in [0.05, 0.1) is 6.20 Å². The fraction of sp³-hybridized carbons (Fsp3) is 0.333. The van der Waals surface area contributed by atoms with Crippen LogP contribution in [0, 0.1) is 5.82 Å². The second-order valence-electron chi connectivity index (χ2n) is 5.48. The van der Waals surface area contributed by atoms with Gasteiger partial charge in [-0.25, -0.2) is 4.98 Å². The lowest BCUT2D eigenvalue weighted by Gasteiger charge is -2.19. The Kier molecular flexibility index (Phi) is 3.88. The topological polar surface area (TPSA) is 47.0 Å². The van der Waals surface area contributed by atoms with Crippen LogP contribution in [-0.4, -0.2) is 17.0 Å². The summed E-state index contributed by atoms with van der Waals surface area (Å²) in [7, 11) is 1.66. The molecule has 0 aliphatic carbocycles. The van der Waals surface area contributed by atoms with Crippen molar-refractivity contribution in [1.29, 1.82) is 0 Å². The summed E-state index contributed by atoms with van der Waals surface area (Å²) in [6, 6.07) is 7.56. The highest BCUT2D eigenvalue weighted by Gasteiger charge is 2.15. The number of halogens is 1. The Morgan fingerprint density at radius 2 is 2.00 bits per heavy atom. The van der Waals surface area contributed by atoms with Crippen molar-refractivity contribution in [3.63, 3.8) is 0 Å². The van der Waals surface area contributed by atoms with Crippen LogP contribution < -0.4 is 10.1 Å². The fourth-order valence-electron chi connectivity index (χ4n) is 1.68. The van der Waals surface area contributed by atoms with Crippen LogP contribution in [0.2, 0.25) is 0 Å². The van der Waals surface area contributed by atoms with Gasteiger partial charge >= 0.3 is 0 Å². The van der Waals surface area contributed by atoms with Crippen LogP contribution in [0.5, 0.6) is 11.6 Å². The predicted octanol–water partition coefficient (Wildman–Crippen LogP) is 3.75. The van der Waals surface area contributed by atoms with Crippen molar-refractivity contribution in [2.24, 2.45) is 0 Å². The number of rotatable bonds is 3. The van der Waals surface area contributed by atoms with E-state index in [1.807, 2.05) is 18.2 Å². The molecule has 0 aliphatic heterocycles. The van der Waals surface area contributed by atoms with E-state index in [-0.39, 0.29) is 11.3 Å². The molecule has 4 nitrogen and oxygen atoms in total. The summed E-state index contributed by atoms with van der Waals surface area (Å²) in [5.41, 5.74) is 1.11. The lowest BCUT2D eigenvalue weighted by atomic mass is 9.87. The molecule has 0 spiro atoms. The highest BCUT2D eigenvalue weighted by molar-refractivity contribution is 5.36. The Balaban J connectivity index is 2.30. The molecule has 0 radical (unpaired) electrons. The maximum atomic E-state index is 13.6. The highest BCUT2D eigenvalue weighted by Crippen LogP contribution is 2.28. The van der Waals surface area contributed by atoms with E-state index in [0.29, 0.717) is 11.7 Å². The minimum Gasteiger partial charge on any atom is -0.436 e. The summed E-state index contributed by atoms with van der Waals surface area (Å²) in [5, 5.41) is 2.75. The normalized spacial score (nSPS) is 11.2. The quantitative estimate of drug-likeness (QED) is 0.926. The van der Waals surface area contributed by atoms with E-state index in [9.17, 15) is 4.39 Å². The predicted molar refractivity (Wildman–Crippen MR) is 76.8 cm³/mol. The van der Waals surface area contributed by atoms with Gasteiger partial charge in [0.2, 0.25) is 11.8 Å². The van der Waals surface area contributed by atoms with Gasteiger partial charge in [0.1, 0.15) is 5.75 Å². The zero-order valence-electron chi connectivity index (χ0n) is 12.1. The van der Waals surface area contributed by atoms with Crippen LogP contribution in [0.1, 0.15) is 26.3 Å². The molecule has 0 unspecified atom stereocenters. The SMILES string of the molecule is CNc1ncc(F)c(Oc2cccc(C(C)(C)C)c2)n1. The largest absolute Gasteiger partial charge is 0.436 e. The van der Waals surface area contributed by atoms with E-state index in [0.717, 1.165) is 11.8 Å². The number of hydrogen-bond donors (Lipinski definition) is 1. The molecule has 0 atom stereocenters. The summed E-state index contributed by atoms with van der Waals surface area (Å²) in [5.74, 6) is 0.186. The lowest BCUT2D eigenvalue weighted by molar-refractivity contribution is 0.419. The summed E-state index contributed by atoms with van der Waals surface area (Å²) in [6.07, 6.45) is 1.09. The van der Waals surface area contributed by atoms with Gasteiger partial charge in [-0.15, -0.1) is 0 Å². The molecule has 20 heavy (non-hydrogen) atoms. The fourth-order valence-corrected chi connectivity index (χ4v) is 1.68. The molecular formula is C15H18FN3O. The third-order valence-electron chi connectivity index (χ3n) is 2.85. The van der Waals surface area contributed by atoms with E-state index in [1.54, 1.807) is 13.1 Å². The first-order valence-corrected chi connectivity index (χ1v) is 6.39. The third kappa shape index (κ3) is 3.23. The molecule has 1 N–H and O–H groups in total. The molecule has 0 fully saturated rings. The van der Waals surface area contributed by atoms with Crippen molar-refractivity contribution in [2.45, 2.75) is 26.2 Å². The number of ether oxygens (including phenoxy) is 1. The molecule has 2 aromatic rings. The molecule has 106 valence electrons. The number of benzene rings is 1. The average molecular weight is 275 g/mol. The zero-order valence-corrected chi connectivity index (χ0v) is 12.1. The first-order chi connectivity index (χ1) is 9.40. The lowest BCUT2D eigenvalue weighted by Crippen LogP contribution is -2.10. The van der Waals surface area contributed by atoms with Crippen LogP contribution in [0.3, 0.4) is 0 Å². The molecule has 1 aromatic carbocycles. The number of aromatic nitrogens is 2. The van der Waals surface area contributed by atoms with E-state index in [1.165, 1.54) is 0 Å². The molecule has 1 heterocycles. The van der Waals surface area contributed by atoms with Gasteiger partial charge in [-0.1, -0.05) is 32.9 Å². The molecule has 0 amide bonds. The van der Waals surface area contributed by atoms with Gasteiger partial charge in [0.15, 0.2) is 0 Å². The molecule has 0 saturated carbocycles. The van der Waals surface area contributed by atoms with Crippen LogP contribution in [0.25, 0.3) is 0 Å². The molecule has 0 bridgehead atoms. The van der Waals surface area contributed by atoms with Gasteiger partial charge in [-0.3, -0.25) is 0 Å². The van der Waals surface area contributed by atoms with Gasteiger partial charge in [0, 0.05) is 7.05 Å². The zero-order chi connectivity index (χ0) is 14.8. The van der Waals surface area contributed by atoms with Crippen LogP contribution in [0.15, 0.2) is 30.5 Å². The van der Waals surface area contributed by atoms with Gasteiger partial charge in [0.25, 0.3) is 5.88 Å². The van der Waals surface area contributed by atoms with E-state index >= 15 is 0 Å². The molecule has 5 heteroatoms. The van der Waals surface area contributed by atoms with Crippen LogP contribution >= 0.6 is 0 Å². The van der Waals surface area contributed by atoms with E-state index in [2.05, 4.69) is 36.1 Å². The van der Waals surface area contributed by atoms with Crippen LogP contribution in [-0.2, 0) is 5.41 Å². The first kappa shape index (κ1) is 14.2. The smallest absolute Gasteiger partial charge is 0.260 e. The minimum atomic E-state index is -0.592. The van der Waals surface area contributed by atoms with E-state index in [4.69, 9.17) is 4.74 Å². The van der Waals surface area contributed by atoms with Crippen molar-refractivity contribution in [2.75, 3.05) is 12.4 Å². The van der Waals surface area contributed by atoms with Gasteiger partial charge in [-0.2, -0.15) is 9.37 Å². The molecule has 0 aliphatic rings. The third-order valence-corrected chi connectivity index (χ3v) is 2.85. The van der Waals surface area contributed by atoms with Crippen molar-refractivity contribution in [3.8, 4) is 11.6 Å². The molecule has 2 rings (SSSR count). The van der Waals surface area contributed by atoms with Gasteiger partial charge in [-0.05, 0) is 23.1 Å². The van der Waals surface area contributed by atoms with Crippen molar-refractivity contribution in [1.82, 2.24) is 9.97 Å². The number of nitrogens with zero attached hydrogens (tertiary/aromatic N) is 2. The Hall–Kier alpha value is -2.17. The summed E-state index contributed by atoms with van der Waals surface area (Å²) >= 11 is 0. The van der Waals surface area contributed by atoms with Crippen molar-refractivity contribution >= 4 is 5.95 Å². The van der Waals surface area contributed by atoms with Crippen molar-refractivity contribution < 1.29 is 9.13 Å². The second-order valence-corrected chi connectivity index (χ2v) is 5.48. The minimum absolute atomic E-state index is 0.000277. The Labute approximate surface area is 118 Å². The Morgan fingerprint density at radius 1 is 1.25 bits per heavy atom. The first-order valence-electron chi connectivity index (χ1n) is 6.39. The van der Waals surface area contributed by atoms with Crippen LogP contribution in [0.4, 0.5) is 10.3 Å². The van der Waals surface area contributed by atoms with E-state index < -0.39 is 5.82 Å². The molecule has 0 saturated heterocycles. The maximum absolute atomic E-state index is 13.6. The number of nitrogens with one attached hydrogen (secondary N) is 1. The van der Waals surface area contributed by atoms with Gasteiger partial charge < -0.3 is 10.1 Å². The second kappa shape index (κ2) is 5.45. The monoisotopic (exact) mass is 275 g/mol. The average Bonchev–Trinajstić information content (AvgIpc) is 2.41. The summed E-state index contributed by atoms with van der Waals surface area (Å²) < 4.78 is 19.2. The number of anilines is 1. The summed E-state index contributed by atoms with van der Waals surface area (Å²) in [6.45, 7) is 6.32. The summed E-state index contributed by atoms with van der Waals surface area (Å²) in [4.78, 5) is 7.74.